The highest BCUT2D eigenvalue weighted by Crippen LogP contribution is 2.31. The molecule has 3 nitrogen and oxygen atoms in total. The molecule has 1 atom stereocenters. The Balaban J connectivity index is 2.19. The van der Waals surface area contributed by atoms with Crippen molar-refractivity contribution in [2.75, 3.05) is 0 Å². The van der Waals surface area contributed by atoms with Crippen LogP contribution in [0, 0.1) is 0 Å². The Kier molecular flexibility index (Phi) is 1.20. The second-order valence-electron chi connectivity index (χ2n) is 2.05. The van der Waals surface area contributed by atoms with Gasteiger partial charge in [0.15, 0.2) is 11.8 Å². The maximum Gasteiger partial charge on any atom is 0.158 e. The molecule has 1 unspecified atom stereocenters. The molecule has 0 fully saturated rings. The first kappa shape index (κ1) is 5.85. The van der Waals surface area contributed by atoms with Gasteiger partial charge in [0.1, 0.15) is 0 Å². The number of thioether (sulfide) groups is 1. The molecule has 2 aliphatic heterocycles. The van der Waals surface area contributed by atoms with Crippen LogP contribution in [0.1, 0.15) is 0 Å². The van der Waals surface area contributed by atoms with Gasteiger partial charge in [0, 0.05) is 18.6 Å². The molecular formula is C6H6N2OS. The number of carbonyl (C=O) groups is 1. The predicted molar refractivity (Wildman–Crippen MR) is 39.6 cm³/mol. The van der Waals surface area contributed by atoms with Gasteiger partial charge in [-0.05, 0) is 0 Å². The lowest BCUT2D eigenvalue weighted by atomic mass is 10.6. The zero-order valence-corrected chi connectivity index (χ0v) is 5.97. The Hall–Kier alpha value is -0.900. The fourth-order valence-corrected chi connectivity index (χ4v) is 1.84. The summed E-state index contributed by atoms with van der Waals surface area (Å²) in [6.07, 6.45) is 6.49. The topological polar surface area (TPSA) is 32.3 Å². The van der Waals surface area contributed by atoms with Gasteiger partial charge in [-0.15, -0.1) is 0 Å². The first-order chi connectivity index (χ1) is 4.90. The zero-order chi connectivity index (χ0) is 6.97. The molecule has 2 rings (SSSR count). The zero-order valence-electron chi connectivity index (χ0n) is 5.15. The van der Waals surface area contributed by atoms with Gasteiger partial charge in [0.25, 0.3) is 0 Å². The SMILES string of the molecule is O=CC1=CN2C=CNC2S1. The van der Waals surface area contributed by atoms with Crippen LogP contribution in [0.5, 0.6) is 0 Å². The minimum atomic E-state index is 0.222. The second kappa shape index (κ2) is 2.05. The second-order valence-corrected chi connectivity index (χ2v) is 3.20. The number of rotatable bonds is 1. The third kappa shape index (κ3) is 0.724. The molecule has 0 saturated heterocycles. The fraction of sp³-hybridized carbons (Fsp3) is 0.167. The van der Waals surface area contributed by atoms with Gasteiger partial charge in [-0.2, -0.15) is 0 Å². The Labute approximate surface area is 62.8 Å². The third-order valence-electron chi connectivity index (χ3n) is 1.40. The minimum absolute atomic E-state index is 0.222. The van der Waals surface area contributed by atoms with Crippen LogP contribution < -0.4 is 5.32 Å². The molecule has 0 bridgehead atoms. The summed E-state index contributed by atoms with van der Waals surface area (Å²) in [5.41, 5.74) is 0.222. The van der Waals surface area contributed by atoms with Crippen molar-refractivity contribution in [2.24, 2.45) is 0 Å². The molecule has 2 heterocycles. The van der Waals surface area contributed by atoms with Crippen molar-refractivity contribution in [3.63, 3.8) is 0 Å². The summed E-state index contributed by atoms with van der Waals surface area (Å²) in [4.78, 5) is 13.0. The van der Waals surface area contributed by atoms with Gasteiger partial charge in [-0.3, -0.25) is 4.79 Å². The Bertz CT molecular complexity index is 224. The summed E-state index contributed by atoms with van der Waals surface area (Å²) in [7, 11) is 0. The van der Waals surface area contributed by atoms with Crippen molar-refractivity contribution < 1.29 is 4.79 Å². The number of hydrogen-bond donors (Lipinski definition) is 1. The van der Waals surface area contributed by atoms with Crippen molar-refractivity contribution in [2.45, 2.75) is 5.50 Å². The molecule has 0 amide bonds. The van der Waals surface area contributed by atoms with Gasteiger partial charge in [-0.25, -0.2) is 0 Å². The average molecular weight is 154 g/mol. The van der Waals surface area contributed by atoms with Gasteiger partial charge >= 0.3 is 0 Å². The third-order valence-corrected chi connectivity index (χ3v) is 2.47. The van der Waals surface area contributed by atoms with E-state index in [1.54, 1.807) is 0 Å². The van der Waals surface area contributed by atoms with Gasteiger partial charge in [-0.1, -0.05) is 11.8 Å². The number of nitrogens with one attached hydrogen (secondary N) is 1. The van der Waals surface area contributed by atoms with E-state index < -0.39 is 0 Å². The molecule has 0 aromatic heterocycles. The Morgan fingerprint density at radius 1 is 1.80 bits per heavy atom. The standard InChI is InChI=1S/C6H6N2OS/c9-4-5-3-8-2-1-7-6(8)10-5/h1-4,6-7H. The summed E-state index contributed by atoms with van der Waals surface area (Å²) in [5.74, 6) is 0. The van der Waals surface area contributed by atoms with Crippen LogP contribution in [-0.2, 0) is 4.79 Å². The molecule has 0 saturated carbocycles. The van der Waals surface area contributed by atoms with Crippen LogP contribution in [0.3, 0.4) is 0 Å². The minimum Gasteiger partial charge on any atom is -0.361 e. The van der Waals surface area contributed by atoms with Crippen LogP contribution in [-0.4, -0.2) is 16.7 Å². The van der Waals surface area contributed by atoms with Crippen LogP contribution in [0.2, 0.25) is 0 Å². The van der Waals surface area contributed by atoms with E-state index in [1.165, 1.54) is 11.8 Å². The van der Waals surface area contributed by atoms with E-state index in [9.17, 15) is 4.79 Å². The lowest BCUT2D eigenvalue weighted by molar-refractivity contribution is -0.104. The van der Waals surface area contributed by atoms with E-state index in [0.29, 0.717) is 0 Å². The van der Waals surface area contributed by atoms with E-state index in [0.717, 1.165) is 11.2 Å². The van der Waals surface area contributed by atoms with Crippen molar-refractivity contribution in [1.82, 2.24) is 10.2 Å². The largest absolute Gasteiger partial charge is 0.361 e. The molecule has 0 spiro atoms. The summed E-state index contributed by atoms with van der Waals surface area (Å²) < 4.78 is 0. The maximum atomic E-state index is 10.3. The summed E-state index contributed by atoms with van der Waals surface area (Å²) >= 11 is 1.53. The number of fused-ring (bicyclic) bond motifs is 1. The molecule has 0 aromatic carbocycles. The molecule has 10 heavy (non-hydrogen) atoms. The summed E-state index contributed by atoms with van der Waals surface area (Å²) in [6.45, 7) is 0. The van der Waals surface area contributed by atoms with E-state index >= 15 is 0 Å². The molecule has 0 aliphatic carbocycles. The Morgan fingerprint density at radius 3 is 3.40 bits per heavy atom. The highest BCUT2D eigenvalue weighted by atomic mass is 32.2. The summed E-state index contributed by atoms with van der Waals surface area (Å²) in [6, 6.07) is 0. The molecule has 2 aliphatic rings. The van der Waals surface area contributed by atoms with E-state index in [4.69, 9.17) is 0 Å². The lowest BCUT2D eigenvalue weighted by Gasteiger charge is -2.11. The smallest absolute Gasteiger partial charge is 0.158 e. The van der Waals surface area contributed by atoms with E-state index in [2.05, 4.69) is 5.32 Å². The lowest BCUT2D eigenvalue weighted by Crippen LogP contribution is -2.24. The van der Waals surface area contributed by atoms with Gasteiger partial charge in [0.05, 0.1) is 4.91 Å². The molecular weight excluding hydrogens is 148 g/mol. The highest BCUT2D eigenvalue weighted by Gasteiger charge is 2.25. The molecule has 1 N–H and O–H groups in total. The monoisotopic (exact) mass is 154 g/mol. The van der Waals surface area contributed by atoms with Crippen molar-refractivity contribution in [3.8, 4) is 0 Å². The number of carbonyl (C=O) groups excluding carboxylic acids is 1. The number of aldehydes is 1. The van der Waals surface area contributed by atoms with Crippen LogP contribution >= 0.6 is 11.8 Å². The van der Waals surface area contributed by atoms with Crippen molar-refractivity contribution >= 4 is 18.0 Å². The first-order valence-electron chi connectivity index (χ1n) is 2.94. The van der Waals surface area contributed by atoms with E-state index in [1.807, 2.05) is 23.5 Å². The van der Waals surface area contributed by atoms with Gasteiger partial charge in [0.2, 0.25) is 0 Å². The average Bonchev–Trinajstić information content (AvgIpc) is 2.42. The maximum absolute atomic E-state index is 10.3. The quantitative estimate of drug-likeness (QED) is 0.555. The molecule has 0 radical (unpaired) electrons. The predicted octanol–water partition coefficient (Wildman–Crippen LogP) is 0.433. The van der Waals surface area contributed by atoms with Crippen LogP contribution in [0.15, 0.2) is 23.5 Å². The van der Waals surface area contributed by atoms with Crippen molar-refractivity contribution in [3.05, 3.63) is 23.5 Å². The highest BCUT2D eigenvalue weighted by molar-refractivity contribution is 8.04. The van der Waals surface area contributed by atoms with Crippen molar-refractivity contribution in [1.29, 1.82) is 0 Å². The molecule has 52 valence electrons. The normalized spacial score (nSPS) is 27.8. The fourth-order valence-electron chi connectivity index (χ4n) is 0.946. The van der Waals surface area contributed by atoms with Crippen LogP contribution in [0.4, 0.5) is 0 Å². The molecule has 4 heteroatoms. The summed E-state index contributed by atoms with van der Waals surface area (Å²) in [5, 5.41) is 3.08. The Morgan fingerprint density at radius 2 is 2.70 bits per heavy atom. The number of nitrogens with zero attached hydrogens (tertiary/aromatic N) is 1. The van der Waals surface area contributed by atoms with Crippen LogP contribution in [0.25, 0.3) is 0 Å². The first-order valence-corrected chi connectivity index (χ1v) is 3.82. The van der Waals surface area contributed by atoms with E-state index in [-0.39, 0.29) is 5.50 Å². The number of allylic oxidation sites excluding steroid dienone is 1. The van der Waals surface area contributed by atoms with Gasteiger partial charge < -0.3 is 10.2 Å². The number of hydrogen-bond acceptors (Lipinski definition) is 4. The molecule has 0 aromatic rings.